The first-order chi connectivity index (χ1) is 9.00. The van der Waals surface area contributed by atoms with Crippen molar-refractivity contribution < 1.29 is 15.0 Å². The highest BCUT2D eigenvalue weighted by atomic mass is 16.4. The number of phenols is 1. The SMILES string of the molecule is Cc1c(-c2ccc(O)cc2)cccc1C(C)C(=O)O. The van der Waals surface area contributed by atoms with Gasteiger partial charge in [-0.25, -0.2) is 0 Å². The summed E-state index contributed by atoms with van der Waals surface area (Å²) in [4.78, 5) is 11.1. The summed E-state index contributed by atoms with van der Waals surface area (Å²) >= 11 is 0. The van der Waals surface area contributed by atoms with E-state index in [0.717, 1.165) is 22.3 Å². The molecule has 0 saturated heterocycles. The average molecular weight is 256 g/mol. The van der Waals surface area contributed by atoms with Gasteiger partial charge in [-0.15, -0.1) is 0 Å². The largest absolute Gasteiger partial charge is 0.508 e. The average Bonchev–Trinajstić information content (AvgIpc) is 2.39. The van der Waals surface area contributed by atoms with E-state index in [1.54, 1.807) is 19.1 Å². The predicted octanol–water partition coefficient (Wildman–Crippen LogP) is 3.56. The number of hydrogen-bond acceptors (Lipinski definition) is 2. The Labute approximate surface area is 112 Å². The number of aromatic hydroxyl groups is 1. The standard InChI is InChI=1S/C16H16O3/c1-10-14(11(2)16(18)19)4-3-5-15(10)12-6-8-13(17)9-7-12/h3-9,11,17H,1-2H3,(H,18,19). The van der Waals surface area contributed by atoms with E-state index in [2.05, 4.69) is 0 Å². The van der Waals surface area contributed by atoms with Gasteiger partial charge < -0.3 is 10.2 Å². The van der Waals surface area contributed by atoms with Crippen LogP contribution in [0.4, 0.5) is 0 Å². The lowest BCUT2D eigenvalue weighted by Crippen LogP contribution is -2.09. The molecule has 98 valence electrons. The van der Waals surface area contributed by atoms with Crippen molar-refractivity contribution in [3.8, 4) is 16.9 Å². The lowest BCUT2D eigenvalue weighted by molar-refractivity contribution is -0.138. The number of phenolic OH excluding ortho intramolecular Hbond substituents is 1. The van der Waals surface area contributed by atoms with Gasteiger partial charge in [0, 0.05) is 0 Å². The van der Waals surface area contributed by atoms with Crippen molar-refractivity contribution in [3.63, 3.8) is 0 Å². The lowest BCUT2D eigenvalue weighted by Gasteiger charge is -2.14. The molecule has 2 aromatic carbocycles. The van der Waals surface area contributed by atoms with Crippen molar-refractivity contribution in [2.45, 2.75) is 19.8 Å². The molecule has 2 N–H and O–H groups in total. The Balaban J connectivity index is 2.51. The quantitative estimate of drug-likeness (QED) is 0.882. The summed E-state index contributed by atoms with van der Waals surface area (Å²) in [5.74, 6) is -1.14. The highest BCUT2D eigenvalue weighted by molar-refractivity contribution is 5.78. The minimum Gasteiger partial charge on any atom is -0.508 e. The van der Waals surface area contributed by atoms with Gasteiger partial charge in [0.25, 0.3) is 0 Å². The molecule has 19 heavy (non-hydrogen) atoms. The summed E-state index contributed by atoms with van der Waals surface area (Å²) in [6.07, 6.45) is 0. The highest BCUT2D eigenvalue weighted by Gasteiger charge is 2.17. The molecule has 0 spiro atoms. The minimum atomic E-state index is -0.828. The molecule has 0 aliphatic heterocycles. The highest BCUT2D eigenvalue weighted by Crippen LogP contribution is 2.30. The second-order valence-corrected chi connectivity index (χ2v) is 4.63. The van der Waals surface area contributed by atoms with Crippen LogP contribution in [0, 0.1) is 6.92 Å². The molecule has 1 atom stereocenters. The Bertz CT molecular complexity index is 600. The van der Waals surface area contributed by atoms with Gasteiger partial charge in [0.1, 0.15) is 5.75 Å². The summed E-state index contributed by atoms with van der Waals surface area (Å²) in [5, 5.41) is 18.4. The van der Waals surface area contributed by atoms with Gasteiger partial charge in [0.2, 0.25) is 0 Å². The second-order valence-electron chi connectivity index (χ2n) is 4.63. The second kappa shape index (κ2) is 5.14. The van der Waals surface area contributed by atoms with E-state index in [0.29, 0.717) is 0 Å². The first-order valence-corrected chi connectivity index (χ1v) is 6.12. The zero-order valence-corrected chi connectivity index (χ0v) is 10.9. The van der Waals surface area contributed by atoms with Gasteiger partial charge in [-0.05, 0) is 48.2 Å². The molecule has 0 amide bonds. The molecule has 0 bridgehead atoms. The van der Waals surface area contributed by atoms with Gasteiger partial charge in [-0.1, -0.05) is 30.3 Å². The maximum absolute atomic E-state index is 11.1. The van der Waals surface area contributed by atoms with E-state index in [-0.39, 0.29) is 5.75 Å². The fourth-order valence-corrected chi connectivity index (χ4v) is 2.21. The fourth-order valence-electron chi connectivity index (χ4n) is 2.21. The van der Waals surface area contributed by atoms with Crippen molar-refractivity contribution in [2.75, 3.05) is 0 Å². The van der Waals surface area contributed by atoms with Crippen molar-refractivity contribution in [1.29, 1.82) is 0 Å². The van der Waals surface area contributed by atoms with E-state index in [4.69, 9.17) is 5.11 Å². The van der Waals surface area contributed by atoms with Crippen LogP contribution in [0.5, 0.6) is 5.75 Å². The van der Waals surface area contributed by atoms with Gasteiger partial charge in [0.05, 0.1) is 5.92 Å². The molecule has 0 heterocycles. The molecule has 2 rings (SSSR count). The molecule has 0 saturated carbocycles. The van der Waals surface area contributed by atoms with Crippen LogP contribution in [0.15, 0.2) is 42.5 Å². The number of aliphatic carboxylic acids is 1. The van der Waals surface area contributed by atoms with Crippen LogP contribution in [0.1, 0.15) is 24.0 Å². The lowest BCUT2D eigenvalue weighted by atomic mass is 9.90. The van der Waals surface area contributed by atoms with Crippen LogP contribution in [0.2, 0.25) is 0 Å². The monoisotopic (exact) mass is 256 g/mol. The summed E-state index contributed by atoms with van der Waals surface area (Å²) in [5.41, 5.74) is 3.74. The zero-order valence-electron chi connectivity index (χ0n) is 10.9. The Morgan fingerprint density at radius 2 is 1.74 bits per heavy atom. The van der Waals surface area contributed by atoms with Crippen molar-refractivity contribution in [2.24, 2.45) is 0 Å². The Morgan fingerprint density at radius 3 is 2.32 bits per heavy atom. The summed E-state index contributed by atoms with van der Waals surface area (Å²) in [6.45, 7) is 3.61. The van der Waals surface area contributed by atoms with Gasteiger partial charge >= 0.3 is 5.97 Å². The first-order valence-electron chi connectivity index (χ1n) is 6.12. The summed E-state index contributed by atoms with van der Waals surface area (Å²) in [7, 11) is 0. The maximum Gasteiger partial charge on any atom is 0.310 e. The van der Waals surface area contributed by atoms with Crippen molar-refractivity contribution >= 4 is 5.97 Å². The van der Waals surface area contributed by atoms with Crippen LogP contribution in [-0.4, -0.2) is 16.2 Å². The molecule has 3 nitrogen and oxygen atoms in total. The van der Waals surface area contributed by atoms with E-state index in [1.165, 1.54) is 0 Å². The predicted molar refractivity (Wildman–Crippen MR) is 74.3 cm³/mol. The Kier molecular flexibility index (Phi) is 3.56. The molecule has 0 aliphatic carbocycles. The summed E-state index contributed by atoms with van der Waals surface area (Å²) in [6, 6.07) is 12.6. The fraction of sp³-hybridized carbons (Fsp3) is 0.188. The Morgan fingerprint density at radius 1 is 1.11 bits per heavy atom. The van der Waals surface area contributed by atoms with E-state index in [9.17, 15) is 9.90 Å². The molecular formula is C16H16O3. The molecule has 0 aliphatic rings. The van der Waals surface area contributed by atoms with Gasteiger partial charge in [-0.3, -0.25) is 4.79 Å². The van der Waals surface area contributed by atoms with Crippen molar-refractivity contribution in [3.05, 3.63) is 53.6 Å². The van der Waals surface area contributed by atoms with Crippen LogP contribution in [0.25, 0.3) is 11.1 Å². The molecule has 3 heteroatoms. The van der Waals surface area contributed by atoms with Crippen LogP contribution in [-0.2, 0) is 4.79 Å². The molecule has 0 radical (unpaired) electrons. The number of carboxylic acid groups (broad SMARTS) is 1. The zero-order chi connectivity index (χ0) is 14.0. The molecular weight excluding hydrogens is 240 g/mol. The third-order valence-corrected chi connectivity index (χ3v) is 3.39. The first kappa shape index (κ1) is 13.1. The molecule has 1 unspecified atom stereocenters. The van der Waals surface area contributed by atoms with Crippen molar-refractivity contribution in [1.82, 2.24) is 0 Å². The number of rotatable bonds is 3. The number of hydrogen-bond donors (Lipinski definition) is 2. The third kappa shape index (κ3) is 2.60. The molecule has 0 aromatic heterocycles. The maximum atomic E-state index is 11.1. The number of carboxylic acids is 1. The smallest absolute Gasteiger partial charge is 0.310 e. The van der Waals surface area contributed by atoms with Gasteiger partial charge in [-0.2, -0.15) is 0 Å². The summed E-state index contributed by atoms with van der Waals surface area (Å²) < 4.78 is 0. The van der Waals surface area contributed by atoms with E-state index < -0.39 is 11.9 Å². The normalized spacial score (nSPS) is 12.1. The van der Waals surface area contributed by atoms with Crippen LogP contribution < -0.4 is 0 Å². The van der Waals surface area contributed by atoms with E-state index in [1.807, 2.05) is 37.3 Å². The topological polar surface area (TPSA) is 57.5 Å². The van der Waals surface area contributed by atoms with Gasteiger partial charge in [0.15, 0.2) is 0 Å². The molecule has 2 aromatic rings. The van der Waals surface area contributed by atoms with Crippen LogP contribution >= 0.6 is 0 Å². The number of benzene rings is 2. The van der Waals surface area contributed by atoms with E-state index >= 15 is 0 Å². The number of carbonyl (C=O) groups is 1. The Hall–Kier alpha value is -2.29. The molecule has 0 fully saturated rings. The minimum absolute atomic E-state index is 0.219. The third-order valence-electron chi connectivity index (χ3n) is 3.39. The van der Waals surface area contributed by atoms with Crippen LogP contribution in [0.3, 0.4) is 0 Å².